The molecule has 4 nitrogen and oxygen atoms in total. The lowest BCUT2D eigenvalue weighted by molar-refractivity contribution is 0.100. The molecule has 5 heteroatoms. The van der Waals surface area contributed by atoms with Crippen LogP contribution in [-0.4, -0.2) is 15.5 Å². The Balaban J connectivity index is 2.14. The van der Waals surface area contributed by atoms with Gasteiger partial charge in [-0.1, -0.05) is 19.9 Å². The van der Waals surface area contributed by atoms with E-state index in [1.165, 1.54) is 4.88 Å². The predicted octanol–water partition coefficient (Wildman–Crippen LogP) is 3.31. The highest BCUT2D eigenvalue weighted by Gasteiger charge is 2.11. The third-order valence-electron chi connectivity index (χ3n) is 3.26. The van der Waals surface area contributed by atoms with Gasteiger partial charge in [-0.3, -0.25) is 9.36 Å². The Labute approximate surface area is 120 Å². The molecule has 20 heavy (non-hydrogen) atoms. The van der Waals surface area contributed by atoms with E-state index in [0.717, 1.165) is 16.0 Å². The molecule has 0 aliphatic rings. The number of carbonyl (C=O) groups is 1. The third-order valence-corrected chi connectivity index (χ3v) is 4.56. The lowest BCUT2D eigenvalue weighted by atomic mass is 10.1. The van der Waals surface area contributed by atoms with E-state index in [1.807, 2.05) is 35.2 Å². The molecule has 0 atom stereocenters. The monoisotopic (exact) mass is 285 g/mol. The van der Waals surface area contributed by atoms with Crippen molar-refractivity contribution in [3.63, 3.8) is 0 Å². The van der Waals surface area contributed by atoms with Gasteiger partial charge in [0.05, 0.1) is 5.52 Å². The molecule has 2 N–H and O–H groups in total. The maximum Gasteiger partial charge on any atom is 0.248 e. The van der Waals surface area contributed by atoms with E-state index >= 15 is 0 Å². The minimum Gasteiger partial charge on any atom is -0.366 e. The van der Waals surface area contributed by atoms with E-state index in [9.17, 15) is 4.79 Å². The number of hydrogen-bond donors (Lipinski definition) is 1. The number of nitrogens with zero attached hydrogens (tertiary/aromatic N) is 2. The number of amides is 1. The average Bonchev–Trinajstić information content (AvgIpc) is 3.03. The summed E-state index contributed by atoms with van der Waals surface area (Å²) in [6.45, 7) is 4.30. The van der Waals surface area contributed by atoms with Gasteiger partial charge in [-0.15, -0.1) is 11.3 Å². The Kier molecular flexibility index (Phi) is 3.06. The summed E-state index contributed by atoms with van der Waals surface area (Å²) in [6, 6.07) is 7.48. The fraction of sp³-hybridized carbons (Fsp3) is 0.200. The molecule has 1 aromatic carbocycles. The molecule has 0 saturated carbocycles. The van der Waals surface area contributed by atoms with E-state index in [2.05, 4.69) is 18.8 Å². The van der Waals surface area contributed by atoms with Crippen LogP contribution in [0.2, 0.25) is 0 Å². The first-order valence-corrected chi connectivity index (χ1v) is 7.25. The topological polar surface area (TPSA) is 60.9 Å². The molecule has 0 spiro atoms. The molecule has 0 fully saturated rings. The van der Waals surface area contributed by atoms with E-state index in [-0.39, 0.29) is 0 Å². The van der Waals surface area contributed by atoms with Crippen molar-refractivity contribution in [1.29, 1.82) is 0 Å². The summed E-state index contributed by atoms with van der Waals surface area (Å²) >= 11 is 1.66. The maximum absolute atomic E-state index is 11.3. The van der Waals surface area contributed by atoms with E-state index in [0.29, 0.717) is 11.5 Å². The molecule has 0 aliphatic carbocycles. The minimum absolute atomic E-state index is 0.415. The van der Waals surface area contributed by atoms with Gasteiger partial charge in [-0.25, -0.2) is 4.98 Å². The van der Waals surface area contributed by atoms with Crippen molar-refractivity contribution in [2.24, 2.45) is 5.73 Å². The van der Waals surface area contributed by atoms with Gasteiger partial charge in [0.15, 0.2) is 5.13 Å². The summed E-state index contributed by atoms with van der Waals surface area (Å²) in [5.41, 5.74) is 6.81. The van der Waals surface area contributed by atoms with Gasteiger partial charge >= 0.3 is 0 Å². The second-order valence-corrected chi connectivity index (χ2v) is 6.06. The molecule has 102 valence electrons. The van der Waals surface area contributed by atoms with Gasteiger partial charge in [-0.2, -0.15) is 0 Å². The smallest absolute Gasteiger partial charge is 0.248 e. The van der Waals surface area contributed by atoms with Crippen molar-refractivity contribution in [3.8, 4) is 5.13 Å². The van der Waals surface area contributed by atoms with Crippen LogP contribution in [-0.2, 0) is 0 Å². The highest BCUT2D eigenvalue weighted by molar-refractivity contribution is 7.14. The van der Waals surface area contributed by atoms with Crippen LogP contribution in [0.1, 0.15) is 35.0 Å². The zero-order valence-corrected chi connectivity index (χ0v) is 12.1. The van der Waals surface area contributed by atoms with Crippen molar-refractivity contribution in [2.45, 2.75) is 19.8 Å². The van der Waals surface area contributed by atoms with Crippen LogP contribution in [0.3, 0.4) is 0 Å². The van der Waals surface area contributed by atoms with Gasteiger partial charge in [0.1, 0.15) is 0 Å². The van der Waals surface area contributed by atoms with Crippen molar-refractivity contribution in [2.75, 3.05) is 0 Å². The Hall–Kier alpha value is -2.14. The van der Waals surface area contributed by atoms with Crippen molar-refractivity contribution in [1.82, 2.24) is 9.55 Å². The first kappa shape index (κ1) is 12.9. The zero-order valence-electron chi connectivity index (χ0n) is 11.3. The summed E-state index contributed by atoms with van der Waals surface area (Å²) in [5, 5.41) is 1.97. The number of primary amides is 1. The summed E-state index contributed by atoms with van der Waals surface area (Å²) in [5.74, 6) is 0.0471. The lowest BCUT2D eigenvalue weighted by Gasteiger charge is -2.02. The highest BCUT2D eigenvalue weighted by Crippen LogP contribution is 2.28. The Morgan fingerprint density at radius 1 is 1.35 bits per heavy atom. The number of benzene rings is 1. The molecular formula is C15H15N3OS. The van der Waals surface area contributed by atoms with Crippen LogP contribution in [0.15, 0.2) is 36.7 Å². The largest absolute Gasteiger partial charge is 0.366 e. The first-order valence-electron chi connectivity index (χ1n) is 6.43. The highest BCUT2D eigenvalue weighted by atomic mass is 32.1. The summed E-state index contributed by atoms with van der Waals surface area (Å²) in [6.07, 6.45) is 3.88. The van der Waals surface area contributed by atoms with Crippen molar-refractivity contribution >= 4 is 28.1 Å². The number of hydrogen-bond acceptors (Lipinski definition) is 3. The zero-order chi connectivity index (χ0) is 14.3. The average molecular weight is 285 g/mol. The van der Waals surface area contributed by atoms with Gasteiger partial charge in [0, 0.05) is 28.2 Å². The fourth-order valence-corrected chi connectivity index (χ4v) is 3.02. The summed E-state index contributed by atoms with van der Waals surface area (Å²) in [7, 11) is 0. The fourth-order valence-electron chi connectivity index (χ4n) is 2.10. The number of fused-ring (bicyclic) bond motifs is 1. The summed E-state index contributed by atoms with van der Waals surface area (Å²) < 4.78 is 2.00. The van der Waals surface area contributed by atoms with Crippen LogP contribution >= 0.6 is 11.3 Å². The first-order chi connectivity index (χ1) is 9.56. The lowest BCUT2D eigenvalue weighted by Crippen LogP contribution is -2.10. The second-order valence-electron chi connectivity index (χ2n) is 5.02. The minimum atomic E-state index is -0.415. The van der Waals surface area contributed by atoms with Gasteiger partial charge in [0.2, 0.25) is 5.91 Å². The SMILES string of the molecule is CC(C)c1cnc(-n2ccc3ccc(C(N)=O)cc32)s1. The third kappa shape index (κ3) is 2.10. The number of carbonyl (C=O) groups excluding carboxylic acids is 1. The Morgan fingerprint density at radius 2 is 2.15 bits per heavy atom. The molecule has 0 bridgehead atoms. The van der Waals surface area contributed by atoms with Gasteiger partial charge in [0.25, 0.3) is 0 Å². The van der Waals surface area contributed by atoms with E-state index in [1.54, 1.807) is 17.4 Å². The maximum atomic E-state index is 11.3. The number of aromatic nitrogens is 2. The molecule has 0 radical (unpaired) electrons. The predicted molar refractivity (Wildman–Crippen MR) is 81.6 cm³/mol. The molecule has 0 unspecified atom stereocenters. The van der Waals surface area contributed by atoms with E-state index in [4.69, 9.17) is 5.73 Å². The van der Waals surface area contributed by atoms with Crippen molar-refractivity contribution in [3.05, 3.63) is 47.1 Å². The molecule has 3 rings (SSSR count). The number of thiazole rings is 1. The molecule has 3 aromatic rings. The van der Waals surface area contributed by atoms with Crippen LogP contribution < -0.4 is 5.73 Å². The Bertz CT molecular complexity index is 785. The van der Waals surface area contributed by atoms with Crippen LogP contribution in [0, 0.1) is 0 Å². The molecule has 2 heterocycles. The standard InChI is InChI=1S/C15H15N3OS/c1-9(2)13-8-17-15(20-13)18-6-5-10-3-4-11(14(16)19)7-12(10)18/h3-9H,1-2H3,(H2,16,19). The van der Waals surface area contributed by atoms with Gasteiger partial charge < -0.3 is 5.73 Å². The van der Waals surface area contributed by atoms with Crippen molar-refractivity contribution < 1.29 is 4.79 Å². The molecule has 0 aliphatic heterocycles. The van der Waals surface area contributed by atoms with Crippen LogP contribution in [0.4, 0.5) is 0 Å². The molecule has 0 saturated heterocycles. The van der Waals surface area contributed by atoms with Gasteiger partial charge in [-0.05, 0) is 24.1 Å². The Morgan fingerprint density at radius 3 is 2.80 bits per heavy atom. The number of rotatable bonds is 3. The van der Waals surface area contributed by atoms with Crippen LogP contribution in [0.5, 0.6) is 0 Å². The second kappa shape index (κ2) is 4.76. The molecule has 1 amide bonds. The number of nitrogens with two attached hydrogens (primary N) is 1. The summed E-state index contributed by atoms with van der Waals surface area (Å²) in [4.78, 5) is 17.0. The molecule has 2 aromatic heterocycles. The van der Waals surface area contributed by atoms with Crippen LogP contribution in [0.25, 0.3) is 16.0 Å². The molecular weight excluding hydrogens is 270 g/mol. The normalized spacial score (nSPS) is 11.3. The van der Waals surface area contributed by atoms with E-state index < -0.39 is 5.91 Å². The quantitative estimate of drug-likeness (QED) is 0.802.